The third-order valence-electron chi connectivity index (χ3n) is 4.67. The number of rotatable bonds is 6. The van der Waals surface area contributed by atoms with Crippen molar-refractivity contribution in [3.63, 3.8) is 0 Å². The van der Waals surface area contributed by atoms with Crippen LogP contribution in [0.5, 0.6) is 0 Å². The Morgan fingerprint density at radius 1 is 1.36 bits per heavy atom. The first-order chi connectivity index (χ1) is 12.2. The number of hydrogen-bond acceptors (Lipinski definition) is 4. The third-order valence-corrected chi connectivity index (χ3v) is 4.67. The van der Waals surface area contributed by atoms with E-state index in [-0.39, 0.29) is 11.8 Å². The lowest BCUT2D eigenvalue weighted by atomic mass is 9.98. The minimum atomic E-state index is -0.253. The summed E-state index contributed by atoms with van der Waals surface area (Å²) in [4.78, 5) is 26.6. The van der Waals surface area contributed by atoms with E-state index >= 15 is 0 Å². The van der Waals surface area contributed by atoms with E-state index in [2.05, 4.69) is 20.8 Å². The van der Waals surface area contributed by atoms with Gasteiger partial charge in [0.2, 0.25) is 5.91 Å². The van der Waals surface area contributed by atoms with Crippen LogP contribution in [0.15, 0.2) is 24.3 Å². The van der Waals surface area contributed by atoms with Crippen LogP contribution in [0.2, 0.25) is 0 Å². The lowest BCUT2D eigenvalue weighted by Crippen LogP contribution is -2.43. The maximum Gasteiger partial charge on any atom is 0.272 e. The minimum Gasteiger partial charge on any atom is -0.350 e. The molecule has 1 saturated heterocycles. The Hall–Kier alpha value is -2.41. The maximum atomic E-state index is 12.4. The molecule has 2 heterocycles. The molecule has 1 aliphatic heterocycles. The summed E-state index contributed by atoms with van der Waals surface area (Å²) in [6.45, 7) is 2.88. The smallest absolute Gasteiger partial charge is 0.272 e. The number of para-hydroxylation sites is 1. The summed E-state index contributed by atoms with van der Waals surface area (Å²) < 4.78 is 0. The molecular weight excluding hydrogens is 318 g/mol. The van der Waals surface area contributed by atoms with Crippen LogP contribution in [0.25, 0.3) is 10.9 Å². The molecule has 1 aliphatic rings. The van der Waals surface area contributed by atoms with Crippen LogP contribution in [0.4, 0.5) is 0 Å². The fourth-order valence-corrected chi connectivity index (χ4v) is 3.41. The Morgan fingerprint density at radius 3 is 3.04 bits per heavy atom. The number of piperidine rings is 1. The minimum absolute atomic E-state index is 0.105. The van der Waals surface area contributed by atoms with Crippen molar-refractivity contribution in [3.05, 3.63) is 30.0 Å². The topological polar surface area (TPSA) is 90.1 Å². The van der Waals surface area contributed by atoms with Gasteiger partial charge in [-0.25, -0.2) is 0 Å². The molecule has 1 atom stereocenters. The number of amides is 2. The zero-order chi connectivity index (χ0) is 17.6. The van der Waals surface area contributed by atoms with Gasteiger partial charge in [-0.15, -0.1) is 0 Å². The lowest BCUT2D eigenvalue weighted by molar-refractivity contribution is -0.132. The standard InChI is InChI=1S/C18H25N5O2/c1-19-11-13-5-4-10-23(12-13)16(24)8-9-20-18(25)17-14-6-2-3-7-15(14)21-22-17/h2-3,6-7,13,19H,4-5,8-12H2,1H3,(H,20,25)(H,21,22). The quantitative estimate of drug-likeness (QED) is 0.734. The van der Waals surface area contributed by atoms with Gasteiger partial charge in [-0.3, -0.25) is 14.7 Å². The zero-order valence-electron chi connectivity index (χ0n) is 14.5. The normalized spacial score (nSPS) is 17.6. The number of benzene rings is 1. The molecule has 25 heavy (non-hydrogen) atoms. The monoisotopic (exact) mass is 343 g/mol. The van der Waals surface area contributed by atoms with E-state index in [1.807, 2.05) is 36.2 Å². The first kappa shape index (κ1) is 17.4. The number of carbonyl (C=O) groups is 2. The second kappa shape index (κ2) is 8.11. The van der Waals surface area contributed by atoms with Crippen LogP contribution >= 0.6 is 0 Å². The van der Waals surface area contributed by atoms with Gasteiger partial charge in [-0.05, 0) is 38.4 Å². The first-order valence-corrected chi connectivity index (χ1v) is 8.82. The van der Waals surface area contributed by atoms with Crippen molar-refractivity contribution in [2.75, 3.05) is 33.2 Å². The van der Waals surface area contributed by atoms with Crippen LogP contribution in [-0.4, -0.2) is 60.1 Å². The molecule has 2 aromatic rings. The Morgan fingerprint density at radius 2 is 2.20 bits per heavy atom. The fourth-order valence-electron chi connectivity index (χ4n) is 3.41. The lowest BCUT2D eigenvalue weighted by Gasteiger charge is -2.32. The van der Waals surface area contributed by atoms with Crippen LogP contribution in [-0.2, 0) is 4.79 Å². The predicted octanol–water partition coefficient (Wildman–Crippen LogP) is 1.14. The maximum absolute atomic E-state index is 12.4. The summed E-state index contributed by atoms with van der Waals surface area (Å²) in [5.74, 6) is 0.373. The van der Waals surface area contributed by atoms with E-state index in [9.17, 15) is 9.59 Å². The third kappa shape index (κ3) is 4.17. The van der Waals surface area contributed by atoms with Gasteiger partial charge in [-0.1, -0.05) is 18.2 Å². The molecule has 3 rings (SSSR count). The van der Waals surface area contributed by atoms with Gasteiger partial charge in [0.25, 0.3) is 5.91 Å². The molecule has 1 aromatic heterocycles. The molecule has 1 fully saturated rings. The molecule has 0 bridgehead atoms. The van der Waals surface area contributed by atoms with Crippen molar-refractivity contribution >= 4 is 22.7 Å². The number of aromatic nitrogens is 2. The molecule has 7 heteroatoms. The molecular formula is C18H25N5O2. The summed E-state index contributed by atoms with van der Waals surface area (Å²) in [5, 5.41) is 13.7. The molecule has 0 saturated carbocycles. The van der Waals surface area contributed by atoms with Gasteiger partial charge < -0.3 is 15.5 Å². The van der Waals surface area contributed by atoms with Gasteiger partial charge >= 0.3 is 0 Å². The van der Waals surface area contributed by atoms with Gasteiger partial charge in [0, 0.05) is 31.4 Å². The molecule has 1 aromatic carbocycles. The summed E-state index contributed by atoms with van der Waals surface area (Å²) in [5.41, 5.74) is 1.20. The van der Waals surface area contributed by atoms with E-state index in [1.165, 1.54) is 0 Å². The summed E-state index contributed by atoms with van der Waals surface area (Å²) >= 11 is 0. The first-order valence-electron chi connectivity index (χ1n) is 8.82. The Kier molecular flexibility index (Phi) is 5.65. The Balaban J connectivity index is 1.49. The van der Waals surface area contributed by atoms with Gasteiger partial charge in [-0.2, -0.15) is 5.10 Å². The number of aromatic amines is 1. The van der Waals surface area contributed by atoms with Crippen molar-refractivity contribution in [1.82, 2.24) is 25.7 Å². The van der Waals surface area contributed by atoms with Crippen LogP contribution in [0, 0.1) is 5.92 Å². The van der Waals surface area contributed by atoms with E-state index < -0.39 is 0 Å². The highest BCUT2D eigenvalue weighted by Gasteiger charge is 2.23. The predicted molar refractivity (Wildman–Crippen MR) is 96.3 cm³/mol. The molecule has 0 spiro atoms. The van der Waals surface area contributed by atoms with E-state index in [1.54, 1.807) is 0 Å². The largest absolute Gasteiger partial charge is 0.350 e. The van der Waals surface area contributed by atoms with Gasteiger partial charge in [0.05, 0.1) is 5.52 Å². The van der Waals surface area contributed by atoms with Crippen molar-refractivity contribution < 1.29 is 9.59 Å². The highest BCUT2D eigenvalue weighted by molar-refractivity contribution is 6.04. The SMILES string of the molecule is CNCC1CCCN(C(=O)CCNC(=O)c2n[nH]c3ccccc23)C1. The molecule has 3 N–H and O–H groups in total. The van der Waals surface area contributed by atoms with Gasteiger partial charge in [0.1, 0.15) is 0 Å². The van der Waals surface area contributed by atoms with Crippen molar-refractivity contribution in [3.8, 4) is 0 Å². The average Bonchev–Trinajstić information content (AvgIpc) is 3.06. The number of nitrogens with zero attached hydrogens (tertiary/aromatic N) is 2. The van der Waals surface area contributed by atoms with Crippen LogP contribution in [0.3, 0.4) is 0 Å². The van der Waals surface area contributed by atoms with Gasteiger partial charge in [0.15, 0.2) is 5.69 Å². The van der Waals surface area contributed by atoms with Crippen LogP contribution < -0.4 is 10.6 Å². The number of fused-ring (bicyclic) bond motifs is 1. The average molecular weight is 343 g/mol. The number of hydrogen-bond donors (Lipinski definition) is 3. The Labute approximate surface area is 147 Å². The fraction of sp³-hybridized carbons (Fsp3) is 0.500. The summed E-state index contributed by atoms with van der Waals surface area (Å²) in [7, 11) is 1.94. The number of nitrogens with one attached hydrogen (secondary N) is 3. The van der Waals surface area contributed by atoms with E-state index in [0.29, 0.717) is 24.6 Å². The van der Waals surface area contributed by atoms with Crippen molar-refractivity contribution in [2.45, 2.75) is 19.3 Å². The molecule has 1 unspecified atom stereocenters. The number of H-pyrrole nitrogens is 1. The molecule has 0 radical (unpaired) electrons. The second-order valence-electron chi connectivity index (χ2n) is 6.53. The summed E-state index contributed by atoms with van der Waals surface area (Å²) in [6, 6.07) is 7.49. The van der Waals surface area contributed by atoms with Crippen molar-refractivity contribution in [1.29, 1.82) is 0 Å². The highest BCUT2D eigenvalue weighted by atomic mass is 16.2. The van der Waals surface area contributed by atoms with Crippen LogP contribution in [0.1, 0.15) is 29.8 Å². The van der Waals surface area contributed by atoms with E-state index in [0.717, 1.165) is 43.4 Å². The molecule has 134 valence electrons. The zero-order valence-corrected chi connectivity index (χ0v) is 14.5. The molecule has 7 nitrogen and oxygen atoms in total. The molecule has 2 amide bonds. The Bertz CT molecular complexity index is 740. The van der Waals surface area contributed by atoms with E-state index in [4.69, 9.17) is 0 Å². The number of likely N-dealkylation sites (tertiary alicyclic amines) is 1. The summed E-state index contributed by atoms with van der Waals surface area (Å²) in [6.07, 6.45) is 2.53. The van der Waals surface area contributed by atoms with Crippen molar-refractivity contribution in [2.24, 2.45) is 5.92 Å². The molecule has 0 aliphatic carbocycles. The number of carbonyl (C=O) groups excluding carboxylic acids is 2. The highest BCUT2D eigenvalue weighted by Crippen LogP contribution is 2.17. The second-order valence-corrected chi connectivity index (χ2v) is 6.53.